The molecule has 138 valence electrons. The van der Waals surface area contributed by atoms with Crippen molar-refractivity contribution < 1.29 is 4.39 Å². The molecule has 2 rings (SSSR count). The van der Waals surface area contributed by atoms with Crippen molar-refractivity contribution in [1.82, 2.24) is 9.97 Å². The van der Waals surface area contributed by atoms with Gasteiger partial charge in [0, 0.05) is 31.2 Å². The van der Waals surface area contributed by atoms with Crippen molar-refractivity contribution in [1.29, 1.82) is 0 Å². The van der Waals surface area contributed by atoms with E-state index in [1.807, 2.05) is 6.92 Å². The summed E-state index contributed by atoms with van der Waals surface area (Å²) in [5.41, 5.74) is 7.05. The van der Waals surface area contributed by atoms with Gasteiger partial charge < -0.3 is 22.2 Å². The van der Waals surface area contributed by atoms with E-state index >= 15 is 0 Å². The van der Waals surface area contributed by atoms with Gasteiger partial charge >= 0.3 is 0 Å². The van der Waals surface area contributed by atoms with Gasteiger partial charge in [0.1, 0.15) is 17.3 Å². The Morgan fingerprint density at radius 1 is 1.38 bits per heavy atom. The van der Waals surface area contributed by atoms with Crippen molar-refractivity contribution in [3.05, 3.63) is 41.8 Å². The first-order valence-corrected chi connectivity index (χ1v) is 8.29. The maximum absolute atomic E-state index is 13.3. The monoisotopic (exact) mass is 358 g/mol. The van der Waals surface area contributed by atoms with Crippen LogP contribution in [0, 0.1) is 5.82 Å². The van der Waals surface area contributed by atoms with Gasteiger partial charge in [-0.25, -0.2) is 9.37 Å². The van der Waals surface area contributed by atoms with E-state index in [1.165, 1.54) is 12.1 Å². The molecule has 0 saturated carbocycles. The highest BCUT2D eigenvalue weighted by Crippen LogP contribution is 2.18. The van der Waals surface area contributed by atoms with E-state index in [2.05, 4.69) is 30.7 Å². The van der Waals surface area contributed by atoms with Crippen LogP contribution in [-0.2, 0) is 0 Å². The quantitative estimate of drug-likeness (QED) is 0.308. The molecule has 0 bridgehead atoms. The molecule has 0 spiro atoms. The first-order valence-electron chi connectivity index (χ1n) is 8.29. The van der Waals surface area contributed by atoms with Crippen LogP contribution in [0.25, 0.3) is 0 Å². The van der Waals surface area contributed by atoms with Crippen LogP contribution >= 0.6 is 0 Å². The van der Waals surface area contributed by atoms with Gasteiger partial charge in [-0.05, 0) is 24.6 Å². The molecule has 26 heavy (non-hydrogen) atoms. The summed E-state index contributed by atoms with van der Waals surface area (Å²) in [4.78, 5) is 12.9. The van der Waals surface area contributed by atoms with Crippen LogP contribution in [0.1, 0.15) is 18.9 Å². The molecule has 0 atom stereocenters. The van der Waals surface area contributed by atoms with Crippen molar-refractivity contribution in [3.8, 4) is 0 Å². The van der Waals surface area contributed by atoms with Gasteiger partial charge in [-0.1, -0.05) is 13.0 Å². The summed E-state index contributed by atoms with van der Waals surface area (Å²) in [5, 5.41) is 9.95. The summed E-state index contributed by atoms with van der Waals surface area (Å²) >= 11 is 0. The molecule has 0 aliphatic heterocycles. The van der Waals surface area contributed by atoms with Crippen molar-refractivity contribution in [2.45, 2.75) is 13.3 Å². The molecule has 1 aromatic carbocycles. The first-order chi connectivity index (χ1) is 12.7. The molecular formula is C17H23FN8. The molecule has 0 aliphatic rings. The lowest BCUT2D eigenvalue weighted by molar-refractivity contribution is 0.628. The lowest BCUT2D eigenvalue weighted by Crippen LogP contribution is -2.15. The molecule has 1 heterocycles. The minimum atomic E-state index is -0.343. The van der Waals surface area contributed by atoms with E-state index in [0.717, 1.165) is 6.42 Å². The minimum absolute atomic E-state index is 0.327. The molecule has 0 unspecified atom stereocenters. The number of halogens is 1. The van der Waals surface area contributed by atoms with E-state index in [1.54, 1.807) is 24.5 Å². The second-order valence-electron chi connectivity index (χ2n) is 5.36. The Morgan fingerprint density at radius 2 is 2.23 bits per heavy atom. The number of nitrogens with zero attached hydrogens (tertiary/aromatic N) is 4. The number of hydrazone groups is 1. The highest BCUT2D eigenvalue weighted by molar-refractivity contribution is 6.39. The van der Waals surface area contributed by atoms with Gasteiger partial charge in [-0.3, -0.25) is 4.99 Å². The third-order valence-electron chi connectivity index (χ3n) is 3.30. The second-order valence-corrected chi connectivity index (χ2v) is 5.36. The van der Waals surface area contributed by atoms with Crippen LogP contribution in [0.4, 0.5) is 21.8 Å². The zero-order chi connectivity index (χ0) is 18.8. The Labute approximate surface area is 151 Å². The standard InChI is InChI=1S/C17H23FN8/c1-2-7-22-16-14(15(26-20)11-21-8-6-19)10-23-17(25-16)24-13-5-3-4-12(18)9-13/h3-5,9-11H,2,6-8,19-20H2,1H3,(H2,22,23,24,25)/b21-11?,26-15+. The normalized spacial score (nSPS) is 11.7. The molecule has 8 nitrogen and oxygen atoms in total. The summed E-state index contributed by atoms with van der Waals surface area (Å²) in [6, 6.07) is 6.07. The molecule has 2 aromatic rings. The van der Waals surface area contributed by atoms with E-state index < -0.39 is 0 Å². The second kappa shape index (κ2) is 10.0. The smallest absolute Gasteiger partial charge is 0.229 e. The van der Waals surface area contributed by atoms with Crippen LogP contribution < -0.4 is 22.2 Å². The highest BCUT2D eigenvalue weighted by Gasteiger charge is 2.12. The number of aromatic nitrogens is 2. The van der Waals surface area contributed by atoms with Gasteiger partial charge in [0.15, 0.2) is 0 Å². The molecule has 0 fully saturated rings. The zero-order valence-electron chi connectivity index (χ0n) is 14.6. The van der Waals surface area contributed by atoms with E-state index in [0.29, 0.717) is 48.4 Å². The predicted molar refractivity (Wildman–Crippen MR) is 104 cm³/mol. The van der Waals surface area contributed by atoms with Gasteiger partial charge in [-0.2, -0.15) is 10.1 Å². The lowest BCUT2D eigenvalue weighted by Gasteiger charge is -2.12. The molecule has 6 N–H and O–H groups in total. The minimum Gasteiger partial charge on any atom is -0.369 e. The largest absolute Gasteiger partial charge is 0.369 e. The zero-order valence-corrected chi connectivity index (χ0v) is 14.6. The molecule has 1 aromatic heterocycles. The number of aliphatic imine (C=N–C) groups is 1. The van der Waals surface area contributed by atoms with Crippen LogP contribution in [0.3, 0.4) is 0 Å². The van der Waals surface area contributed by atoms with Crippen molar-refractivity contribution in [2.24, 2.45) is 21.7 Å². The van der Waals surface area contributed by atoms with Gasteiger partial charge in [0.2, 0.25) is 5.95 Å². The first kappa shape index (κ1) is 19.3. The van der Waals surface area contributed by atoms with Crippen molar-refractivity contribution in [2.75, 3.05) is 30.3 Å². The highest BCUT2D eigenvalue weighted by atomic mass is 19.1. The van der Waals surface area contributed by atoms with Crippen LogP contribution in [0.15, 0.2) is 40.6 Å². The van der Waals surface area contributed by atoms with E-state index in [4.69, 9.17) is 11.6 Å². The van der Waals surface area contributed by atoms with Crippen molar-refractivity contribution in [3.63, 3.8) is 0 Å². The van der Waals surface area contributed by atoms with Gasteiger partial charge in [0.25, 0.3) is 0 Å². The molecule has 0 radical (unpaired) electrons. The summed E-state index contributed by atoms with van der Waals surface area (Å²) in [7, 11) is 0. The Bertz CT molecular complexity index is 775. The number of nitrogens with one attached hydrogen (secondary N) is 2. The molecule has 0 amide bonds. The Hall–Kier alpha value is -3.07. The summed E-state index contributed by atoms with van der Waals surface area (Å²) in [5.74, 6) is 6.03. The number of hydrogen-bond donors (Lipinski definition) is 4. The number of nitrogens with two attached hydrogens (primary N) is 2. The summed E-state index contributed by atoms with van der Waals surface area (Å²) in [6.45, 7) is 3.65. The summed E-state index contributed by atoms with van der Waals surface area (Å²) < 4.78 is 13.3. The molecular weight excluding hydrogens is 335 g/mol. The third-order valence-corrected chi connectivity index (χ3v) is 3.30. The number of rotatable bonds is 9. The van der Waals surface area contributed by atoms with Crippen LogP contribution in [0.5, 0.6) is 0 Å². The fourth-order valence-corrected chi connectivity index (χ4v) is 2.10. The maximum atomic E-state index is 13.3. The molecule has 9 heteroatoms. The number of anilines is 3. The average molecular weight is 358 g/mol. The van der Waals surface area contributed by atoms with E-state index in [9.17, 15) is 4.39 Å². The fourth-order valence-electron chi connectivity index (χ4n) is 2.10. The van der Waals surface area contributed by atoms with E-state index in [-0.39, 0.29) is 5.82 Å². The molecule has 0 saturated heterocycles. The Balaban J connectivity index is 2.31. The molecule has 0 aliphatic carbocycles. The van der Waals surface area contributed by atoms with Crippen LogP contribution in [0.2, 0.25) is 0 Å². The predicted octanol–water partition coefficient (Wildman–Crippen LogP) is 1.87. The van der Waals surface area contributed by atoms with Gasteiger partial charge in [-0.15, -0.1) is 0 Å². The van der Waals surface area contributed by atoms with Crippen molar-refractivity contribution >= 4 is 29.4 Å². The van der Waals surface area contributed by atoms with Gasteiger partial charge in [0.05, 0.1) is 12.1 Å². The Morgan fingerprint density at radius 3 is 2.92 bits per heavy atom. The topological polar surface area (TPSA) is 127 Å². The lowest BCUT2D eigenvalue weighted by atomic mass is 10.2. The summed E-state index contributed by atoms with van der Waals surface area (Å²) in [6.07, 6.45) is 4.04. The fraction of sp³-hybridized carbons (Fsp3) is 0.294. The third kappa shape index (κ3) is 5.49. The maximum Gasteiger partial charge on any atom is 0.229 e. The van der Waals surface area contributed by atoms with Crippen LogP contribution in [-0.4, -0.2) is 41.5 Å². The Kier molecular flexibility index (Phi) is 7.44. The number of hydrogen-bond acceptors (Lipinski definition) is 8. The SMILES string of the molecule is CCCNc1nc(Nc2cccc(F)c2)ncc1/C(C=NCCN)=N/N. The number of benzene rings is 1. The average Bonchev–Trinajstić information content (AvgIpc) is 2.64.